The maximum Gasteiger partial charge on any atom is 0.328 e. The molecule has 0 saturated heterocycles. The van der Waals surface area contributed by atoms with Gasteiger partial charge in [-0.15, -0.1) is 0 Å². The molecule has 11 heteroatoms. The van der Waals surface area contributed by atoms with Gasteiger partial charge in [-0.2, -0.15) is 0 Å². The molecule has 3 N–H and O–H groups in total. The molecular formula is C25H20Cl2N4O5. The van der Waals surface area contributed by atoms with E-state index in [0.29, 0.717) is 43.8 Å². The van der Waals surface area contributed by atoms with Gasteiger partial charge in [-0.3, -0.25) is 19.8 Å². The summed E-state index contributed by atoms with van der Waals surface area (Å²) in [7, 11) is 2.94. The lowest BCUT2D eigenvalue weighted by molar-refractivity contribution is -0.133. The van der Waals surface area contributed by atoms with E-state index in [-0.39, 0.29) is 5.69 Å². The molecule has 0 atom stereocenters. The highest BCUT2D eigenvalue weighted by Crippen LogP contribution is 2.29. The van der Waals surface area contributed by atoms with Crippen LogP contribution in [0, 0.1) is 0 Å². The Labute approximate surface area is 215 Å². The predicted molar refractivity (Wildman–Crippen MR) is 139 cm³/mol. The molecule has 3 amide bonds. The highest BCUT2D eigenvalue weighted by atomic mass is 35.5. The highest BCUT2D eigenvalue weighted by molar-refractivity contribution is 6.42. The Kier molecular flexibility index (Phi) is 7.33. The van der Waals surface area contributed by atoms with E-state index >= 15 is 0 Å². The van der Waals surface area contributed by atoms with Gasteiger partial charge >= 0.3 is 11.8 Å². The average molecular weight is 527 g/mol. The first kappa shape index (κ1) is 24.9. The SMILES string of the molecule is COc1cccc(NC(=O)C(=O)Nn2c(C(=O)Nc3cc(Cl)cc(Cl)c3)cc3cccc(OC)c32)c1. The minimum absolute atomic E-state index is 0.0353. The van der Waals surface area contributed by atoms with Crippen molar-refractivity contribution >= 4 is 63.2 Å². The largest absolute Gasteiger partial charge is 0.497 e. The Hall–Kier alpha value is -4.21. The van der Waals surface area contributed by atoms with Crippen LogP contribution in [0.2, 0.25) is 10.0 Å². The van der Waals surface area contributed by atoms with Crippen molar-refractivity contribution in [2.24, 2.45) is 0 Å². The number of nitrogens with zero attached hydrogens (tertiary/aromatic N) is 1. The van der Waals surface area contributed by atoms with Crippen molar-refractivity contribution in [2.45, 2.75) is 0 Å². The summed E-state index contributed by atoms with van der Waals surface area (Å²) in [6, 6.07) is 17.8. The second-order valence-corrected chi connectivity index (χ2v) is 8.38. The van der Waals surface area contributed by atoms with Gasteiger partial charge in [-0.1, -0.05) is 41.4 Å². The summed E-state index contributed by atoms with van der Waals surface area (Å²) in [5.41, 5.74) is 3.62. The molecule has 0 aliphatic heterocycles. The predicted octanol–water partition coefficient (Wildman–Crippen LogP) is 4.93. The van der Waals surface area contributed by atoms with Gasteiger partial charge in [-0.05, 0) is 42.5 Å². The van der Waals surface area contributed by atoms with Crippen LogP contribution in [0.15, 0.2) is 66.7 Å². The molecule has 4 aromatic rings. The molecule has 0 unspecified atom stereocenters. The lowest BCUT2D eigenvalue weighted by Gasteiger charge is -2.14. The number of amides is 3. The van der Waals surface area contributed by atoms with Crippen molar-refractivity contribution in [1.82, 2.24) is 4.68 Å². The zero-order chi connectivity index (χ0) is 25.8. The van der Waals surface area contributed by atoms with Gasteiger partial charge < -0.3 is 20.1 Å². The van der Waals surface area contributed by atoms with Crippen molar-refractivity contribution in [2.75, 3.05) is 30.3 Å². The molecule has 9 nitrogen and oxygen atoms in total. The topological polar surface area (TPSA) is 111 Å². The van der Waals surface area contributed by atoms with Crippen LogP contribution in [0.1, 0.15) is 10.5 Å². The summed E-state index contributed by atoms with van der Waals surface area (Å²) < 4.78 is 11.7. The van der Waals surface area contributed by atoms with Crippen LogP contribution in [0.25, 0.3) is 10.9 Å². The van der Waals surface area contributed by atoms with E-state index in [0.717, 1.165) is 0 Å². The highest BCUT2D eigenvalue weighted by Gasteiger charge is 2.23. The molecule has 1 heterocycles. The van der Waals surface area contributed by atoms with E-state index in [1.54, 1.807) is 48.5 Å². The number of halogens is 2. The Bertz CT molecular complexity index is 1460. The van der Waals surface area contributed by atoms with Crippen molar-refractivity contribution < 1.29 is 23.9 Å². The number of ether oxygens (including phenoxy) is 2. The van der Waals surface area contributed by atoms with Crippen molar-refractivity contribution in [3.63, 3.8) is 0 Å². The number of aromatic nitrogens is 1. The quantitative estimate of drug-likeness (QED) is 0.308. The molecule has 0 aliphatic carbocycles. The monoisotopic (exact) mass is 526 g/mol. The number of para-hydroxylation sites is 1. The number of nitrogens with one attached hydrogen (secondary N) is 3. The van der Waals surface area contributed by atoms with Crippen molar-refractivity contribution in [3.8, 4) is 11.5 Å². The summed E-state index contributed by atoms with van der Waals surface area (Å²) in [5, 5.41) is 6.47. The van der Waals surface area contributed by atoms with Crippen molar-refractivity contribution in [1.29, 1.82) is 0 Å². The molecule has 36 heavy (non-hydrogen) atoms. The Morgan fingerprint density at radius 1 is 0.778 bits per heavy atom. The molecule has 3 aromatic carbocycles. The molecule has 0 fully saturated rings. The van der Waals surface area contributed by atoms with Crippen molar-refractivity contribution in [3.05, 3.63) is 82.5 Å². The molecule has 0 spiro atoms. The Morgan fingerprint density at radius 2 is 1.50 bits per heavy atom. The van der Waals surface area contributed by atoms with Gasteiger partial charge in [0.05, 0.1) is 14.2 Å². The molecule has 184 valence electrons. The molecular weight excluding hydrogens is 507 g/mol. The maximum absolute atomic E-state index is 13.2. The Morgan fingerprint density at radius 3 is 2.19 bits per heavy atom. The molecule has 0 aliphatic rings. The fraction of sp³-hybridized carbons (Fsp3) is 0.0800. The van der Waals surface area contributed by atoms with Gasteiger partial charge in [0.25, 0.3) is 5.91 Å². The summed E-state index contributed by atoms with van der Waals surface area (Å²) in [4.78, 5) is 38.7. The van der Waals surface area contributed by atoms with E-state index in [9.17, 15) is 14.4 Å². The summed E-state index contributed by atoms with van der Waals surface area (Å²) in [5.74, 6) is -1.66. The van der Waals surface area contributed by atoms with E-state index in [2.05, 4.69) is 16.1 Å². The van der Waals surface area contributed by atoms with Crippen LogP contribution >= 0.6 is 23.2 Å². The third kappa shape index (κ3) is 5.37. The van der Waals surface area contributed by atoms with Gasteiger partial charge in [0.1, 0.15) is 22.7 Å². The number of rotatable bonds is 6. The number of hydrogen-bond donors (Lipinski definition) is 3. The van der Waals surface area contributed by atoms with Gasteiger partial charge in [0.15, 0.2) is 0 Å². The average Bonchev–Trinajstić information content (AvgIpc) is 3.22. The van der Waals surface area contributed by atoms with Crippen LogP contribution in [-0.2, 0) is 9.59 Å². The first-order valence-electron chi connectivity index (χ1n) is 10.5. The summed E-state index contributed by atoms with van der Waals surface area (Å²) in [6.07, 6.45) is 0. The van der Waals surface area contributed by atoms with Crippen LogP contribution in [-0.4, -0.2) is 36.6 Å². The lowest BCUT2D eigenvalue weighted by Crippen LogP contribution is -2.36. The first-order chi connectivity index (χ1) is 17.3. The van der Waals surface area contributed by atoms with Crippen LogP contribution in [0.4, 0.5) is 11.4 Å². The second kappa shape index (κ2) is 10.6. The lowest BCUT2D eigenvalue weighted by atomic mass is 10.2. The normalized spacial score (nSPS) is 10.6. The number of carbonyl (C=O) groups is 3. The standard InChI is InChI=1S/C25H20Cl2N4O5/c1-35-19-7-4-6-17(13-19)28-24(33)25(34)30-31-20(9-14-5-3-8-21(36-2)22(14)31)23(32)29-18-11-15(26)10-16(27)12-18/h3-13H,1-2H3,(H,28,33)(H,29,32)(H,30,34). The zero-order valence-corrected chi connectivity index (χ0v) is 20.6. The number of hydrogen-bond acceptors (Lipinski definition) is 5. The fourth-order valence-electron chi connectivity index (χ4n) is 3.54. The van der Waals surface area contributed by atoms with Crippen LogP contribution in [0.5, 0.6) is 11.5 Å². The van der Waals surface area contributed by atoms with Gasteiger partial charge in [0, 0.05) is 32.9 Å². The number of benzene rings is 3. The number of anilines is 2. The smallest absolute Gasteiger partial charge is 0.328 e. The van der Waals surface area contributed by atoms with Crippen LogP contribution < -0.4 is 25.5 Å². The molecule has 0 radical (unpaired) electrons. The zero-order valence-electron chi connectivity index (χ0n) is 19.1. The molecule has 0 saturated carbocycles. The van der Waals surface area contributed by atoms with E-state index < -0.39 is 17.7 Å². The number of methoxy groups -OCH3 is 2. The number of fused-ring (bicyclic) bond motifs is 1. The maximum atomic E-state index is 13.2. The number of carbonyl (C=O) groups excluding carboxylic acids is 3. The van der Waals surface area contributed by atoms with E-state index in [1.807, 2.05) is 0 Å². The fourth-order valence-corrected chi connectivity index (χ4v) is 4.06. The molecule has 0 bridgehead atoms. The molecule has 1 aromatic heterocycles. The van der Waals surface area contributed by atoms with Gasteiger partial charge in [0.2, 0.25) is 0 Å². The Balaban J connectivity index is 1.67. The van der Waals surface area contributed by atoms with E-state index in [1.165, 1.54) is 37.1 Å². The summed E-state index contributed by atoms with van der Waals surface area (Å²) in [6.45, 7) is 0. The van der Waals surface area contributed by atoms with Gasteiger partial charge in [-0.25, -0.2) is 4.68 Å². The second-order valence-electron chi connectivity index (χ2n) is 7.50. The third-order valence-electron chi connectivity index (χ3n) is 5.11. The molecule has 4 rings (SSSR count). The van der Waals surface area contributed by atoms with Crippen LogP contribution in [0.3, 0.4) is 0 Å². The third-order valence-corrected chi connectivity index (χ3v) is 5.54. The minimum atomic E-state index is -1.01. The summed E-state index contributed by atoms with van der Waals surface area (Å²) >= 11 is 12.1. The van der Waals surface area contributed by atoms with E-state index in [4.69, 9.17) is 32.7 Å². The minimum Gasteiger partial charge on any atom is -0.497 e. The first-order valence-corrected chi connectivity index (χ1v) is 11.3.